The van der Waals surface area contributed by atoms with Crippen LogP contribution >= 0.6 is 15.9 Å². The van der Waals surface area contributed by atoms with Gasteiger partial charge in [-0.15, -0.1) is 0 Å². The fourth-order valence-corrected chi connectivity index (χ4v) is 2.50. The van der Waals surface area contributed by atoms with Crippen molar-refractivity contribution in [1.82, 2.24) is 10.5 Å². The Kier molecular flexibility index (Phi) is 6.07. The molecule has 1 N–H and O–H groups in total. The van der Waals surface area contributed by atoms with Crippen LogP contribution in [0.3, 0.4) is 0 Å². The summed E-state index contributed by atoms with van der Waals surface area (Å²) in [6.45, 7) is 0.447. The largest absolute Gasteiger partial charge is 0.481 e. The van der Waals surface area contributed by atoms with Crippen LogP contribution in [0.1, 0.15) is 10.5 Å². The first kappa shape index (κ1) is 17.8. The lowest BCUT2D eigenvalue weighted by Crippen LogP contribution is -2.23. The third-order valence-electron chi connectivity index (χ3n) is 3.37. The van der Waals surface area contributed by atoms with Gasteiger partial charge in [-0.25, -0.2) is 0 Å². The Labute approximate surface area is 159 Å². The highest BCUT2D eigenvalue weighted by molar-refractivity contribution is 9.10. The number of nitrogens with one attached hydrogen (secondary N) is 1. The third kappa shape index (κ3) is 4.98. The maximum atomic E-state index is 12.0. The zero-order chi connectivity index (χ0) is 18.2. The van der Waals surface area contributed by atoms with E-state index >= 15 is 0 Å². The van der Waals surface area contributed by atoms with E-state index in [1.165, 1.54) is 0 Å². The molecule has 0 bridgehead atoms. The molecule has 1 aromatic heterocycles. The van der Waals surface area contributed by atoms with E-state index < -0.39 is 0 Å². The molecule has 0 unspecified atom stereocenters. The van der Waals surface area contributed by atoms with Gasteiger partial charge in [-0.1, -0.05) is 69.3 Å². The molecule has 0 radical (unpaired) electrons. The first-order valence-corrected chi connectivity index (χ1v) is 8.66. The van der Waals surface area contributed by atoms with E-state index in [2.05, 4.69) is 38.2 Å². The number of rotatable bonds is 5. The monoisotopic (exact) mass is 410 g/mol. The predicted molar refractivity (Wildman–Crippen MR) is 102 cm³/mol. The lowest BCUT2D eigenvalue weighted by molar-refractivity contribution is 0.0949. The molecule has 0 saturated heterocycles. The van der Waals surface area contributed by atoms with Crippen molar-refractivity contribution in [2.24, 2.45) is 0 Å². The molecular formula is C20H15BrN2O3. The van der Waals surface area contributed by atoms with Crippen molar-refractivity contribution >= 4 is 21.8 Å². The van der Waals surface area contributed by atoms with Crippen LogP contribution in [0.15, 0.2) is 69.7 Å². The maximum Gasteiger partial charge on any atom is 0.274 e. The minimum absolute atomic E-state index is 0.203. The van der Waals surface area contributed by atoms with Gasteiger partial charge >= 0.3 is 0 Å². The van der Waals surface area contributed by atoms with E-state index in [1.54, 1.807) is 6.07 Å². The highest BCUT2D eigenvalue weighted by atomic mass is 79.9. The van der Waals surface area contributed by atoms with Crippen molar-refractivity contribution in [2.45, 2.75) is 0 Å². The Bertz CT molecular complexity index is 942. The molecule has 5 nitrogen and oxygen atoms in total. The summed E-state index contributed by atoms with van der Waals surface area (Å²) in [5.74, 6) is 6.62. The standard InChI is InChI=1S/C20H15BrN2O3/c21-16-9-6-10-17(13-16)25-12-5-4-11-22-20(24)18-14-19(26-23-18)15-7-2-1-3-8-15/h1-3,6-10,13-14H,11-12H2,(H,22,24). The number of aromatic nitrogens is 1. The average Bonchev–Trinajstić information content (AvgIpc) is 3.15. The maximum absolute atomic E-state index is 12.0. The number of amides is 1. The Balaban J connectivity index is 1.46. The number of ether oxygens (including phenoxy) is 1. The molecule has 26 heavy (non-hydrogen) atoms. The van der Waals surface area contributed by atoms with Crippen molar-refractivity contribution in [3.05, 3.63) is 70.8 Å². The van der Waals surface area contributed by atoms with E-state index in [-0.39, 0.29) is 24.8 Å². The van der Waals surface area contributed by atoms with Crippen LogP contribution in [-0.4, -0.2) is 24.2 Å². The molecule has 0 aliphatic carbocycles. The van der Waals surface area contributed by atoms with Crippen LogP contribution < -0.4 is 10.1 Å². The van der Waals surface area contributed by atoms with Crippen molar-refractivity contribution in [2.75, 3.05) is 13.2 Å². The molecule has 0 saturated carbocycles. The van der Waals surface area contributed by atoms with Crippen molar-refractivity contribution in [3.63, 3.8) is 0 Å². The van der Waals surface area contributed by atoms with Crippen LogP contribution in [-0.2, 0) is 0 Å². The number of benzene rings is 2. The molecule has 1 heterocycles. The summed E-state index contributed by atoms with van der Waals surface area (Å²) >= 11 is 3.37. The highest BCUT2D eigenvalue weighted by Gasteiger charge is 2.12. The molecule has 3 aromatic rings. The lowest BCUT2D eigenvalue weighted by Gasteiger charge is -2.01. The number of nitrogens with zero attached hydrogens (tertiary/aromatic N) is 1. The Hall–Kier alpha value is -3.04. The Morgan fingerprint density at radius 3 is 2.77 bits per heavy atom. The fourth-order valence-electron chi connectivity index (χ4n) is 2.13. The Morgan fingerprint density at radius 2 is 1.96 bits per heavy atom. The van der Waals surface area contributed by atoms with Crippen LogP contribution in [0.5, 0.6) is 5.75 Å². The highest BCUT2D eigenvalue weighted by Crippen LogP contribution is 2.19. The van der Waals surface area contributed by atoms with Gasteiger partial charge < -0.3 is 14.6 Å². The van der Waals surface area contributed by atoms with E-state index in [9.17, 15) is 4.79 Å². The fraction of sp³-hybridized carbons (Fsp3) is 0.100. The summed E-state index contributed by atoms with van der Waals surface area (Å²) in [4.78, 5) is 12.0. The van der Waals surface area contributed by atoms with Gasteiger partial charge in [0, 0.05) is 16.1 Å². The molecule has 0 aliphatic heterocycles. The molecule has 0 atom stereocenters. The summed E-state index contributed by atoms with van der Waals surface area (Å²) in [7, 11) is 0. The molecule has 2 aromatic carbocycles. The SMILES string of the molecule is O=C(NCC#CCOc1cccc(Br)c1)c1cc(-c2ccccc2)on1. The topological polar surface area (TPSA) is 64.4 Å². The molecule has 0 fully saturated rings. The lowest BCUT2D eigenvalue weighted by atomic mass is 10.1. The smallest absolute Gasteiger partial charge is 0.274 e. The molecule has 3 rings (SSSR count). The van der Waals surface area contributed by atoms with E-state index in [0.29, 0.717) is 5.76 Å². The third-order valence-corrected chi connectivity index (χ3v) is 3.86. The van der Waals surface area contributed by atoms with Gasteiger partial charge in [0.25, 0.3) is 5.91 Å². The predicted octanol–water partition coefficient (Wildman–Crippen LogP) is 3.92. The molecule has 0 spiro atoms. The summed E-state index contributed by atoms with van der Waals surface area (Å²) < 4.78 is 11.6. The van der Waals surface area contributed by atoms with Crippen LogP contribution in [0.25, 0.3) is 11.3 Å². The number of halogens is 1. The second kappa shape index (κ2) is 8.88. The van der Waals surface area contributed by atoms with Gasteiger partial charge in [0.2, 0.25) is 0 Å². The summed E-state index contributed by atoms with van der Waals surface area (Å²) in [6, 6.07) is 18.6. The minimum Gasteiger partial charge on any atom is -0.481 e. The van der Waals surface area contributed by atoms with Gasteiger partial charge in [-0.3, -0.25) is 4.79 Å². The van der Waals surface area contributed by atoms with Crippen LogP contribution in [0, 0.1) is 11.8 Å². The van der Waals surface area contributed by atoms with E-state index in [1.807, 2.05) is 54.6 Å². The van der Waals surface area contributed by atoms with Gasteiger partial charge in [0.15, 0.2) is 11.5 Å². The number of carbonyl (C=O) groups excluding carboxylic acids is 1. The number of hydrogen-bond acceptors (Lipinski definition) is 4. The molecule has 0 aliphatic rings. The van der Waals surface area contributed by atoms with Gasteiger partial charge in [0.1, 0.15) is 12.4 Å². The first-order chi connectivity index (χ1) is 12.7. The van der Waals surface area contributed by atoms with Crippen molar-refractivity contribution in [1.29, 1.82) is 0 Å². The quantitative estimate of drug-likeness (QED) is 0.647. The molecular weight excluding hydrogens is 396 g/mol. The van der Waals surface area contributed by atoms with Gasteiger partial charge in [-0.05, 0) is 18.2 Å². The summed E-state index contributed by atoms with van der Waals surface area (Å²) in [6.07, 6.45) is 0. The molecule has 1 amide bonds. The van der Waals surface area contributed by atoms with Gasteiger partial charge in [-0.2, -0.15) is 0 Å². The second-order valence-corrected chi connectivity index (χ2v) is 6.14. The van der Waals surface area contributed by atoms with E-state index in [4.69, 9.17) is 9.26 Å². The van der Waals surface area contributed by atoms with Crippen molar-refractivity contribution < 1.29 is 14.1 Å². The van der Waals surface area contributed by atoms with E-state index in [0.717, 1.165) is 15.8 Å². The second-order valence-electron chi connectivity index (χ2n) is 5.22. The minimum atomic E-state index is -0.335. The molecule has 6 heteroatoms. The van der Waals surface area contributed by atoms with Crippen molar-refractivity contribution in [3.8, 4) is 28.9 Å². The van der Waals surface area contributed by atoms with Crippen LogP contribution in [0.4, 0.5) is 0 Å². The normalized spacial score (nSPS) is 9.88. The molecule has 130 valence electrons. The zero-order valence-electron chi connectivity index (χ0n) is 13.7. The Morgan fingerprint density at radius 1 is 1.12 bits per heavy atom. The van der Waals surface area contributed by atoms with Gasteiger partial charge in [0.05, 0.1) is 6.54 Å². The summed E-state index contributed by atoms with van der Waals surface area (Å²) in [5, 5.41) is 6.46. The summed E-state index contributed by atoms with van der Waals surface area (Å²) in [5.41, 5.74) is 1.08. The first-order valence-electron chi connectivity index (χ1n) is 7.87. The number of carbonyl (C=O) groups is 1. The average molecular weight is 411 g/mol. The number of hydrogen-bond donors (Lipinski definition) is 1. The zero-order valence-corrected chi connectivity index (χ0v) is 15.3. The van der Waals surface area contributed by atoms with Crippen LogP contribution in [0.2, 0.25) is 0 Å².